The first-order valence-corrected chi connectivity index (χ1v) is 9.95. The topological polar surface area (TPSA) is 65.0 Å². The number of carbonyl (C=O) groups is 2. The number of hydrogen-bond acceptors (Lipinski definition) is 5. The van der Waals surface area contributed by atoms with E-state index in [4.69, 9.17) is 9.47 Å². The van der Waals surface area contributed by atoms with E-state index < -0.39 is 11.9 Å². The van der Waals surface area contributed by atoms with Crippen molar-refractivity contribution >= 4 is 39.8 Å². The number of cyclic esters (lactones) is 1. The molecule has 148 valence electrons. The van der Waals surface area contributed by atoms with Gasteiger partial charge in [-0.3, -0.25) is 0 Å². The van der Waals surface area contributed by atoms with Gasteiger partial charge in [0.2, 0.25) is 5.90 Å². The molecule has 0 unspecified atom stereocenters. The smallest absolute Gasteiger partial charge is 0.363 e. The number of nitrogens with zero attached hydrogens (tertiary/aromatic N) is 1. The summed E-state index contributed by atoms with van der Waals surface area (Å²) in [6.45, 7) is 1.94. The number of hydrogen-bond donors (Lipinski definition) is 0. The maximum absolute atomic E-state index is 12.5. The second-order valence-corrected chi connectivity index (χ2v) is 7.55. The van der Waals surface area contributed by atoms with Crippen LogP contribution in [0.3, 0.4) is 0 Å². The zero-order valence-corrected chi connectivity index (χ0v) is 17.5. The largest absolute Gasteiger partial charge is 0.422 e. The quantitative estimate of drug-likeness (QED) is 0.299. The third-order valence-corrected chi connectivity index (χ3v) is 4.94. The van der Waals surface area contributed by atoms with Gasteiger partial charge in [-0.25, -0.2) is 14.6 Å². The van der Waals surface area contributed by atoms with E-state index in [1.165, 1.54) is 0 Å². The van der Waals surface area contributed by atoms with E-state index in [-0.39, 0.29) is 11.6 Å². The predicted molar refractivity (Wildman–Crippen MR) is 117 cm³/mol. The molecule has 3 aromatic rings. The van der Waals surface area contributed by atoms with Gasteiger partial charge < -0.3 is 9.47 Å². The summed E-state index contributed by atoms with van der Waals surface area (Å²) in [4.78, 5) is 29.1. The van der Waals surface area contributed by atoms with Gasteiger partial charge in [0, 0.05) is 15.6 Å². The first kappa shape index (κ1) is 19.8. The maximum atomic E-state index is 12.5. The number of esters is 2. The van der Waals surface area contributed by atoms with Crippen LogP contribution in [0.1, 0.15) is 27.0 Å². The second-order valence-electron chi connectivity index (χ2n) is 6.64. The van der Waals surface area contributed by atoms with Crippen LogP contribution >= 0.6 is 15.9 Å². The lowest BCUT2D eigenvalue weighted by molar-refractivity contribution is -0.129. The van der Waals surface area contributed by atoms with Gasteiger partial charge in [0.25, 0.3) is 0 Å². The number of para-hydroxylation sites is 1. The molecule has 0 spiro atoms. The summed E-state index contributed by atoms with van der Waals surface area (Å²) < 4.78 is 11.8. The first-order chi connectivity index (χ1) is 14.5. The van der Waals surface area contributed by atoms with Gasteiger partial charge in [0.1, 0.15) is 5.75 Å². The summed E-state index contributed by atoms with van der Waals surface area (Å²) in [5.74, 6) is -0.481. The minimum absolute atomic E-state index is 0.131. The van der Waals surface area contributed by atoms with E-state index in [9.17, 15) is 9.59 Å². The summed E-state index contributed by atoms with van der Waals surface area (Å²) in [5.41, 5.74) is 2.86. The Kier molecular flexibility index (Phi) is 5.59. The van der Waals surface area contributed by atoms with Crippen LogP contribution in [0, 0.1) is 6.92 Å². The van der Waals surface area contributed by atoms with Gasteiger partial charge in [0.15, 0.2) is 5.70 Å². The van der Waals surface area contributed by atoms with Crippen LogP contribution in [0.5, 0.6) is 5.75 Å². The SMILES string of the molecule is Cc1ccc(C(=O)Oc2ccccc2/C=C2/N=C(c3ccc(Br)cc3)OC2=O)cc1. The molecule has 1 aliphatic heterocycles. The molecule has 1 heterocycles. The highest BCUT2D eigenvalue weighted by Gasteiger charge is 2.24. The number of benzene rings is 3. The Balaban J connectivity index is 1.61. The van der Waals surface area contributed by atoms with E-state index in [0.29, 0.717) is 22.4 Å². The molecular weight excluding hydrogens is 446 g/mol. The van der Waals surface area contributed by atoms with Crippen molar-refractivity contribution in [2.75, 3.05) is 0 Å². The number of ether oxygens (including phenoxy) is 2. The molecule has 0 N–H and O–H groups in total. The minimum atomic E-state index is -0.562. The van der Waals surface area contributed by atoms with Gasteiger partial charge in [-0.05, 0) is 55.5 Å². The van der Waals surface area contributed by atoms with Crippen molar-refractivity contribution < 1.29 is 19.1 Å². The molecule has 0 saturated carbocycles. The van der Waals surface area contributed by atoms with Crippen molar-refractivity contribution in [2.45, 2.75) is 6.92 Å². The maximum Gasteiger partial charge on any atom is 0.363 e. The molecule has 1 aliphatic rings. The molecular formula is C24H16BrNO4. The number of halogens is 1. The summed E-state index contributed by atoms with van der Waals surface area (Å²) in [7, 11) is 0. The molecule has 0 bridgehead atoms. The Labute approximate surface area is 181 Å². The Bertz CT molecular complexity index is 1180. The van der Waals surface area contributed by atoms with Crippen molar-refractivity contribution in [1.82, 2.24) is 0 Å². The van der Waals surface area contributed by atoms with Crippen LogP contribution in [0.2, 0.25) is 0 Å². The van der Waals surface area contributed by atoms with Crippen LogP contribution in [0.25, 0.3) is 6.08 Å². The zero-order chi connectivity index (χ0) is 21.1. The lowest BCUT2D eigenvalue weighted by Gasteiger charge is -2.07. The molecule has 0 amide bonds. The minimum Gasteiger partial charge on any atom is -0.422 e. The molecule has 0 aliphatic carbocycles. The first-order valence-electron chi connectivity index (χ1n) is 9.16. The lowest BCUT2D eigenvalue weighted by atomic mass is 10.1. The highest BCUT2D eigenvalue weighted by atomic mass is 79.9. The second kappa shape index (κ2) is 8.47. The van der Waals surface area contributed by atoms with E-state index in [2.05, 4.69) is 20.9 Å². The molecule has 0 atom stereocenters. The van der Waals surface area contributed by atoms with Gasteiger partial charge in [-0.1, -0.05) is 51.8 Å². The zero-order valence-electron chi connectivity index (χ0n) is 16.0. The summed E-state index contributed by atoms with van der Waals surface area (Å²) in [6, 6.07) is 21.3. The number of aryl methyl sites for hydroxylation is 1. The molecule has 5 nitrogen and oxygen atoms in total. The Morgan fingerprint density at radius 1 is 1.00 bits per heavy atom. The van der Waals surface area contributed by atoms with Crippen molar-refractivity contribution in [1.29, 1.82) is 0 Å². The van der Waals surface area contributed by atoms with E-state index >= 15 is 0 Å². The number of aliphatic imine (C=N–C) groups is 1. The molecule has 0 saturated heterocycles. The average Bonchev–Trinajstić information content (AvgIpc) is 3.10. The van der Waals surface area contributed by atoms with Crippen LogP contribution in [0.4, 0.5) is 0 Å². The Hall–Kier alpha value is -3.51. The van der Waals surface area contributed by atoms with Gasteiger partial charge >= 0.3 is 11.9 Å². The van der Waals surface area contributed by atoms with Gasteiger partial charge in [0.05, 0.1) is 5.56 Å². The van der Waals surface area contributed by atoms with E-state index in [1.54, 1.807) is 54.6 Å². The summed E-state index contributed by atoms with van der Waals surface area (Å²) >= 11 is 3.37. The average molecular weight is 462 g/mol. The molecule has 3 aromatic carbocycles. The third-order valence-electron chi connectivity index (χ3n) is 4.41. The predicted octanol–water partition coefficient (Wildman–Crippen LogP) is 5.32. The Morgan fingerprint density at radius 2 is 1.70 bits per heavy atom. The molecule has 0 radical (unpaired) electrons. The fourth-order valence-corrected chi connectivity index (χ4v) is 3.08. The van der Waals surface area contributed by atoms with Crippen molar-refractivity contribution in [2.24, 2.45) is 4.99 Å². The molecule has 0 fully saturated rings. The molecule has 30 heavy (non-hydrogen) atoms. The van der Waals surface area contributed by atoms with Crippen LogP contribution in [-0.4, -0.2) is 17.8 Å². The fraction of sp³-hybridized carbons (Fsp3) is 0.0417. The third kappa shape index (κ3) is 4.39. The molecule has 4 rings (SSSR count). The molecule has 0 aromatic heterocycles. The fourth-order valence-electron chi connectivity index (χ4n) is 2.81. The standard InChI is InChI=1S/C24H16BrNO4/c1-15-6-8-17(9-7-15)23(27)29-21-5-3-2-4-18(21)14-20-24(28)30-22(26-20)16-10-12-19(25)13-11-16/h2-14H,1H3/b20-14+. The van der Waals surface area contributed by atoms with Crippen LogP contribution in [0.15, 0.2) is 88.0 Å². The molecule has 6 heteroatoms. The van der Waals surface area contributed by atoms with E-state index in [1.807, 2.05) is 31.2 Å². The summed E-state index contributed by atoms with van der Waals surface area (Å²) in [5, 5.41) is 0. The van der Waals surface area contributed by atoms with Crippen LogP contribution in [-0.2, 0) is 9.53 Å². The number of carbonyl (C=O) groups excluding carboxylic acids is 2. The monoisotopic (exact) mass is 461 g/mol. The van der Waals surface area contributed by atoms with Crippen molar-refractivity contribution in [3.63, 3.8) is 0 Å². The summed E-state index contributed by atoms with van der Waals surface area (Å²) in [6.07, 6.45) is 1.55. The van der Waals surface area contributed by atoms with Gasteiger partial charge in [-0.2, -0.15) is 0 Å². The van der Waals surface area contributed by atoms with Crippen molar-refractivity contribution in [3.8, 4) is 5.75 Å². The van der Waals surface area contributed by atoms with E-state index in [0.717, 1.165) is 10.0 Å². The normalized spacial score (nSPS) is 14.4. The highest BCUT2D eigenvalue weighted by Crippen LogP contribution is 2.26. The van der Waals surface area contributed by atoms with Gasteiger partial charge in [-0.15, -0.1) is 0 Å². The highest BCUT2D eigenvalue weighted by molar-refractivity contribution is 9.10. The lowest BCUT2D eigenvalue weighted by Crippen LogP contribution is -2.09. The number of rotatable bonds is 4. The van der Waals surface area contributed by atoms with Crippen molar-refractivity contribution in [3.05, 3.63) is 105 Å². The Morgan fingerprint density at radius 3 is 2.43 bits per heavy atom. The van der Waals surface area contributed by atoms with Crippen LogP contribution < -0.4 is 4.74 Å².